The molecule has 0 radical (unpaired) electrons. The van der Waals surface area contributed by atoms with Crippen molar-refractivity contribution in [3.05, 3.63) is 0 Å². The van der Waals surface area contributed by atoms with Gasteiger partial charge in [0.1, 0.15) is 5.25 Å². The van der Waals surface area contributed by atoms with Crippen LogP contribution in [0.3, 0.4) is 0 Å². The molecule has 0 aliphatic rings. The van der Waals surface area contributed by atoms with E-state index in [0.717, 1.165) is 0 Å². The third-order valence-corrected chi connectivity index (χ3v) is 1.74. The summed E-state index contributed by atoms with van der Waals surface area (Å²) in [5, 5.41) is -1.07. The predicted molar refractivity (Wildman–Crippen MR) is 39.6 cm³/mol. The fourth-order valence-electron chi connectivity index (χ4n) is 0.407. The molecule has 0 saturated heterocycles. The molecule has 0 bridgehead atoms. The summed E-state index contributed by atoms with van der Waals surface area (Å²) < 4.78 is 25.1. The number of carbonyl (C=O) groups is 1. The first kappa shape index (κ1) is 10.6. The van der Waals surface area contributed by atoms with Crippen LogP contribution in [0.25, 0.3) is 0 Å². The van der Waals surface area contributed by atoms with Crippen molar-refractivity contribution in [3.63, 3.8) is 0 Å². The maximum Gasteiger partial charge on any atom is 0.320 e. The summed E-state index contributed by atoms with van der Waals surface area (Å²) in [6.07, 6.45) is -0.270. The smallest absolute Gasteiger partial charge is 0.320 e. The van der Waals surface area contributed by atoms with Crippen molar-refractivity contribution >= 4 is 17.0 Å². The van der Waals surface area contributed by atoms with Crippen molar-refractivity contribution < 1.29 is 18.3 Å². The zero-order valence-electron chi connectivity index (χ0n) is 6.70. The van der Waals surface area contributed by atoms with Gasteiger partial charge in [-0.25, -0.2) is 0 Å². The lowest BCUT2D eigenvalue weighted by molar-refractivity contribution is -0.146. The number of hydrogen-bond donors (Lipinski definition) is 0. The van der Waals surface area contributed by atoms with E-state index in [1.807, 2.05) is 0 Å². The summed E-state index contributed by atoms with van der Waals surface area (Å²) in [6.45, 7) is 4.62. The summed E-state index contributed by atoms with van der Waals surface area (Å²) in [5.74, 6) is -0.701. The van der Waals surface area contributed by atoms with E-state index >= 15 is 0 Å². The Bertz CT molecular complexity index is 166. The van der Waals surface area contributed by atoms with Gasteiger partial charge in [-0.3, -0.25) is 9.00 Å². The quantitative estimate of drug-likeness (QED) is 0.458. The molecule has 0 saturated carbocycles. The van der Waals surface area contributed by atoms with Gasteiger partial charge in [-0.15, -0.1) is 0 Å². The molecule has 2 atom stereocenters. The van der Waals surface area contributed by atoms with E-state index in [1.54, 1.807) is 13.8 Å². The highest BCUT2D eigenvalue weighted by Crippen LogP contribution is 1.98. The fourth-order valence-corrected chi connectivity index (χ4v) is 0.619. The Kier molecular flexibility index (Phi) is 4.29. The van der Waals surface area contributed by atoms with Gasteiger partial charge in [0, 0.05) is 0 Å². The first-order valence-corrected chi connectivity index (χ1v) is 4.37. The van der Waals surface area contributed by atoms with Gasteiger partial charge in [-0.1, -0.05) is 0 Å². The van der Waals surface area contributed by atoms with E-state index in [9.17, 15) is 13.6 Å². The second-order valence-electron chi connectivity index (χ2n) is 2.39. The zero-order valence-corrected chi connectivity index (χ0v) is 7.51. The lowest BCUT2D eigenvalue weighted by Gasteiger charge is -2.15. The highest BCUT2D eigenvalue weighted by Gasteiger charge is 2.15. The van der Waals surface area contributed by atoms with Gasteiger partial charge in [0.05, 0.1) is 6.10 Å². The summed E-state index contributed by atoms with van der Waals surface area (Å²) in [4.78, 5) is 10.8. The third-order valence-electron chi connectivity index (χ3n) is 0.972. The van der Waals surface area contributed by atoms with Crippen LogP contribution in [0.1, 0.15) is 20.8 Å². The van der Waals surface area contributed by atoms with E-state index in [1.165, 1.54) is 6.92 Å². The Morgan fingerprint density at radius 3 is 2.18 bits per heavy atom. The van der Waals surface area contributed by atoms with Crippen LogP contribution in [0.4, 0.5) is 0 Å². The van der Waals surface area contributed by atoms with Crippen molar-refractivity contribution in [2.45, 2.75) is 32.1 Å². The van der Waals surface area contributed by atoms with Gasteiger partial charge in [-0.2, -0.15) is 0 Å². The number of rotatable bonds is 3. The SMILES string of the molecule is CC(C)OC(=O)C(C)S(=O)[O-]. The first-order valence-electron chi connectivity index (χ1n) is 3.23. The Morgan fingerprint density at radius 1 is 1.45 bits per heavy atom. The second-order valence-corrected chi connectivity index (χ2v) is 3.62. The number of hydrogen-bond acceptors (Lipinski definition) is 4. The monoisotopic (exact) mass is 179 g/mol. The van der Waals surface area contributed by atoms with E-state index in [0.29, 0.717) is 0 Å². The van der Waals surface area contributed by atoms with Crippen LogP contribution in [0, 0.1) is 0 Å². The minimum Gasteiger partial charge on any atom is -0.772 e. The van der Waals surface area contributed by atoms with Crippen molar-refractivity contribution in [1.29, 1.82) is 0 Å². The summed E-state index contributed by atoms with van der Waals surface area (Å²) >= 11 is -2.38. The van der Waals surface area contributed by atoms with E-state index in [4.69, 9.17) is 0 Å². The van der Waals surface area contributed by atoms with Crippen LogP contribution in [0.2, 0.25) is 0 Å². The highest BCUT2D eigenvalue weighted by atomic mass is 32.2. The average Bonchev–Trinajstić information content (AvgIpc) is 1.84. The Hall–Kier alpha value is -0.420. The van der Waals surface area contributed by atoms with Gasteiger partial charge >= 0.3 is 5.97 Å². The molecule has 66 valence electrons. The van der Waals surface area contributed by atoms with Crippen molar-refractivity contribution in [1.82, 2.24) is 0 Å². The molecule has 0 heterocycles. The average molecular weight is 179 g/mol. The molecule has 0 aromatic heterocycles. The van der Waals surface area contributed by atoms with Crippen molar-refractivity contribution in [3.8, 4) is 0 Å². The Labute approximate surface area is 68.2 Å². The fraction of sp³-hybridized carbons (Fsp3) is 0.833. The minimum atomic E-state index is -2.38. The molecule has 0 fully saturated rings. The largest absolute Gasteiger partial charge is 0.772 e. The molecule has 11 heavy (non-hydrogen) atoms. The van der Waals surface area contributed by atoms with Crippen molar-refractivity contribution in [2.75, 3.05) is 0 Å². The van der Waals surface area contributed by atoms with Crippen molar-refractivity contribution in [2.24, 2.45) is 0 Å². The topological polar surface area (TPSA) is 66.4 Å². The lowest BCUT2D eigenvalue weighted by Crippen LogP contribution is -2.26. The van der Waals surface area contributed by atoms with Crippen LogP contribution in [0.15, 0.2) is 0 Å². The molecule has 0 aromatic carbocycles. The molecule has 0 amide bonds. The highest BCUT2D eigenvalue weighted by molar-refractivity contribution is 7.80. The molecule has 0 aliphatic heterocycles. The molecule has 0 aromatic rings. The summed E-state index contributed by atoms with van der Waals surface area (Å²) in [5.41, 5.74) is 0. The normalized spacial score (nSPS) is 16.1. The van der Waals surface area contributed by atoms with Crippen LogP contribution >= 0.6 is 0 Å². The molecule has 0 spiro atoms. The van der Waals surface area contributed by atoms with Crippen LogP contribution in [-0.2, 0) is 20.6 Å². The maximum absolute atomic E-state index is 10.8. The zero-order chi connectivity index (χ0) is 9.02. The third kappa shape index (κ3) is 4.10. The number of ether oxygens (including phenoxy) is 1. The van der Waals surface area contributed by atoms with Gasteiger partial charge in [0.15, 0.2) is 0 Å². The van der Waals surface area contributed by atoms with Crippen LogP contribution in [0.5, 0.6) is 0 Å². The maximum atomic E-state index is 10.8. The Morgan fingerprint density at radius 2 is 1.91 bits per heavy atom. The predicted octanol–water partition coefficient (Wildman–Crippen LogP) is 0.206. The minimum absolute atomic E-state index is 0.270. The summed E-state index contributed by atoms with van der Waals surface area (Å²) in [7, 11) is 0. The first-order chi connectivity index (χ1) is 4.95. The number of esters is 1. The molecular formula is C6H11O4S-. The molecule has 2 unspecified atom stereocenters. The number of carbonyl (C=O) groups excluding carboxylic acids is 1. The van der Waals surface area contributed by atoms with E-state index in [-0.39, 0.29) is 6.10 Å². The molecule has 0 aliphatic carbocycles. The molecule has 5 heteroatoms. The van der Waals surface area contributed by atoms with Gasteiger partial charge in [0.2, 0.25) is 0 Å². The summed E-state index contributed by atoms with van der Waals surface area (Å²) in [6, 6.07) is 0. The standard InChI is InChI=1S/C6H12O4S/c1-4(2)10-6(7)5(3)11(8)9/h4-5H,1-3H3,(H,8,9)/p-1. The van der Waals surface area contributed by atoms with E-state index in [2.05, 4.69) is 4.74 Å². The molecular weight excluding hydrogens is 168 g/mol. The Balaban J connectivity index is 3.93. The molecule has 0 rings (SSSR count). The van der Waals surface area contributed by atoms with Gasteiger partial charge in [-0.05, 0) is 31.9 Å². The second kappa shape index (κ2) is 4.46. The van der Waals surface area contributed by atoms with Gasteiger partial charge < -0.3 is 9.29 Å². The van der Waals surface area contributed by atoms with Crippen LogP contribution in [-0.4, -0.2) is 26.1 Å². The lowest BCUT2D eigenvalue weighted by atomic mass is 10.4. The molecule has 0 N–H and O–H groups in total. The van der Waals surface area contributed by atoms with E-state index < -0.39 is 22.3 Å². The van der Waals surface area contributed by atoms with Gasteiger partial charge in [0.25, 0.3) is 0 Å². The van der Waals surface area contributed by atoms with Crippen LogP contribution < -0.4 is 0 Å². The molecule has 4 nitrogen and oxygen atoms in total.